The van der Waals surface area contributed by atoms with E-state index < -0.39 is 10.8 Å². The maximum absolute atomic E-state index is 11.3. The molecule has 2 rings (SSSR count). The van der Waals surface area contributed by atoms with Crippen LogP contribution in [0, 0.1) is 10.1 Å². The third-order valence-electron chi connectivity index (χ3n) is 3.03. The number of halogens is 1. The summed E-state index contributed by atoms with van der Waals surface area (Å²) in [4.78, 5) is 23.2. The fourth-order valence-electron chi connectivity index (χ4n) is 2.19. The van der Waals surface area contributed by atoms with Gasteiger partial charge in [0.1, 0.15) is 6.04 Å². The second-order valence-corrected chi connectivity index (χ2v) is 4.55. The summed E-state index contributed by atoms with van der Waals surface area (Å²) in [6, 6.07) is 3.83. The summed E-state index contributed by atoms with van der Waals surface area (Å²) in [6.07, 6.45) is 1.53. The zero-order valence-electron chi connectivity index (χ0n) is 9.51. The number of primary amides is 1. The van der Waals surface area contributed by atoms with Crippen molar-refractivity contribution in [2.24, 2.45) is 5.73 Å². The van der Waals surface area contributed by atoms with Crippen LogP contribution in [0.4, 0.5) is 11.4 Å². The van der Waals surface area contributed by atoms with Gasteiger partial charge in [-0.15, -0.1) is 0 Å². The maximum Gasteiger partial charge on any atom is 0.271 e. The summed E-state index contributed by atoms with van der Waals surface area (Å²) in [5.41, 5.74) is 5.87. The Morgan fingerprint density at radius 1 is 1.56 bits per heavy atom. The predicted octanol–water partition coefficient (Wildman–Crippen LogP) is 1.70. The van der Waals surface area contributed by atoms with Crippen LogP contribution >= 0.6 is 11.6 Å². The van der Waals surface area contributed by atoms with Gasteiger partial charge in [0, 0.05) is 18.7 Å². The molecule has 0 radical (unpaired) electrons. The van der Waals surface area contributed by atoms with Gasteiger partial charge in [-0.2, -0.15) is 0 Å². The average molecular weight is 270 g/mol. The topological polar surface area (TPSA) is 89.5 Å². The van der Waals surface area contributed by atoms with Gasteiger partial charge in [-0.25, -0.2) is 0 Å². The number of anilines is 1. The van der Waals surface area contributed by atoms with Crippen LogP contribution in [0.1, 0.15) is 12.8 Å². The summed E-state index contributed by atoms with van der Waals surface area (Å²) in [5.74, 6) is -0.401. The van der Waals surface area contributed by atoms with Crippen LogP contribution in [-0.4, -0.2) is 23.4 Å². The minimum Gasteiger partial charge on any atom is -0.368 e. The summed E-state index contributed by atoms with van der Waals surface area (Å²) in [5, 5.41) is 10.9. The van der Waals surface area contributed by atoms with Crippen LogP contribution in [0.5, 0.6) is 0 Å². The second-order valence-electron chi connectivity index (χ2n) is 4.15. The number of hydrogen-bond donors (Lipinski definition) is 1. The van der Waals surface area contributed by atoms with Crippen LogP contribution in [0.2, 0.25) is 5.02 Å². The Morgan fingerprint density at radius 3 is 2.83 bits per heavy atom. The fraction of sp³-hybridized carbons (Fsp3) is 0.364. The van der Waals surface area contributed by atoms with E-state index in [1.54, 1.807) is 11.0 Å². The minimum absolute atomic E-state index is 0.0708. The highest BCUT2D eigenvalue weighted by Gasteiger charge is 2.30. The first kappa shape index (κ1) is 12.6. The molecule has 1 amide bonds. The molecule has 1 aromatic rings. The lowest BCUT2D eigenvalue weighted by molar-refractivity contribution is -0.384. The van der Waals surface area contributed by atoms with Crippen molar-refractivity contribution in [2.75, 3.05) is 11.4 Å². The highest BCUT2D eigenvalue weighted by atomic mass is 35.5. The molecule has 0 aliphatic carbocycles. The lowest BCUT2D eigenvalue weighted by Crippen LogP contribution is -2.40. The Hall–Kier alpha value is -1.82. The first-order valence-electron chi connectivity index (χ1n) is 5.50. The molecule has 7 heteroatoms. The Bertz CT molecular complexity index is 506. The van der Waals surface area contributed by atoms with Gasteiger partial charge >= 0.3 is 0 Å². The van der Waals surface area contributed by atoms with Crippen molar-refractivity contribution in [3.8, 4) is 0 Å². The normalized spacial score (nSPS) is 18.9. The molecule has 1 fully saturated rings. The number of nitrogens with zero attached hydrogens (tertiary/aromatic N) is 2. The number of hydrogen-bond acceptors (Lipinski definition) is 4. The maximum atomic E-state index is 11.3. The molecule has 1 unspecified atom stereocenters. The van der Waals surface area contributed by atoms with E-state index in [1.165, 1.54) is 12.1 Å². The minimum atomic E-state index is -0.509. The molecule has 1 aliphatic rings. The SMILES string of the molecule is NC(=O)C1CCCN1c1ccc([N+](=O)[O-])cc1Cl. The summed E-state index contributed by atoms with van der Waals surface area (Å²) < 4.78 is 0. The van der Waals surface area contributed by atoms with Crippen LogP contribution in [-0.2, 0) is 4.79 Å². The van der Waals surface area contributed by atoms with Crippen molar-refractivity contribution < 1.29 is 9.72 Å². The number of non-ortho nitro benzene ring substituents is 1. The largest absolute Gasteiger partial charge is 0.368 e. The van der Waals surface area contributed by atoms with E-state index in [0.717, 1.165) is 6.42 Å². The predicted molar refractivity (Wildman–Crippen MR) is 67.7 cm³/mol. The standard InChI is InChI=1S/C11H12ClN3O3/c12-8-6-7(15(17)18)3-4-9(8)14-5-1-2-10(14)11(13)16/h3-4,6,10H,1-2,5H2,(H2,13,16). The molecule has 1 saturated heterocycles. The molecule has 6 nitrogen and oxygen atoms in total. The summed E-state index contributed by atoms with van der Waals surface area (Å²) in [7, 11) is 0. The Labute approximate surface area is 108 Å². The number of nitro benzene ring substituents is 1. The van der Waals surface area contributed by atoms with Gasteiger partial charge in [-0.1, -0.05) is 11.6 Å². The van der Waals surface area contributed by atoms with Gasteiger partial charge in [0.15, 0.2) is 0 Å². The number of nitrogens with two attached hydrogens (primary N) is 1. The average Bonchev–Trinajstić information content (AvgIpc) is 2.77. The number of carbonyl (C=O) groups excluding carboxylic acids is 1. The molecule has 0 bridgehead atoms. The molecule has 1 aromatic carbocycles. The van der Waals surface area contributed by atoms with Gasteiger partial charge in [0.2, 0.25) is 5.91 Å². The highest BCUT2D eigenvalue weighted by molar-refractivity contribution is 6.33. The Balaban J connectivity index is 2.33. The van der Waals surface area contributed by atoms with E-state index in [9.17, 15) is 14.9 Å². The Kier molecular flexibility index (Phi) is 3.38. The molecule has 96 valence electrons. The lowest BCUT2D eigenvalue weighted by atomic mass is 10.2. The van der Waals surface area contributed by atoms with Crippen LogP contribution in [0.15, 0.2) is 18.2 Å². The molecule has 0 spiro atoms. The summed E-state index contributed by atoms with van der Waals surface area (Å²) in [6.45, 7) is 0.672. The molecule has 0 aromatic heterocycles. The van der Waals surface area contributed by atoms with E-state index in [-0.39, 0.29) is 16.8 Å². The van der Waals surface area contributed by atoms with Gasteiger partial charge in [-0.3, -0.25) is 14.9 Å². The molecule has 1 heterocycles. The summed E-state index contributed by atoms with van der Waals surface area (Å²) >= 11 is 6.03. The third-order valence-corrected chi connectivity index (χ3v) is 3.34. The van der Waals surface area contributed by atoms with Crippen LogP contribution < -0.4 is 10.6 Å². The van der Waals surface area contributed by atoms with Gasteiger partial charge < -0.3 is 10.6 Å². The third kappa shape index (κ3) is 2.24. The molecule has 1 aliphatic heterocycles. The van der Waals surface area contributed by atoms with Gasteiger partial charge in [0.05, 0.1) is 15.6 Å². The zero-order valence-corrected chi connectivity index (χ0v) is 10.3. The van der Waals surface area contributed by atoms with Crippen molar-refractivity contribution in [3.05, 3.63) is 33.3 Å². The molecular formula is C11H12ClN3O3. The Morgan fingerprint density at radius 2 is 2.28 bits per heavy atom. The van der Waals surface area contributed by atoms with Crippen LogP contribution in [0.25, 0.3) is 0 Å². The van der Waals surface area contributed by atoms with Gasteiger partial charge in [-0.05, 0) is 18.9 Å². The molecule has 1 atom stereocenters. The monoisotopic (exact) mass is 269 g/mol. The van der Waals surface area contributed by atoms with Crippen molar-refractivity contribution in [1.29, 1.82) is 0 Å². The van der Waals surface area contributed by atoms with E-state index in [2.05, 4.69) is 0 Å². The molecular weight excluding hydrogens is 258 g/mol. The zero-order chi connectivity index (χ0) is 13.3. The van der Waals surface area contributed by atoms with E-state index in [1.807, 2.05) is 0 Å². The van der Waals surface area contributed by atoms with E-state index >= 15 is 0 Å². The molecule has 0 saturated carbocycles. The smallest absolute Gasteiger partial charge is 0.271 e. The van der Waals surface area contributed by atoms with Gasteiger partial charge in [0.25, 0.3) is 5.69 Å². The number of carbonyl (C=O) groups is 1. The van der Waals surface area contributed by atoms with Crippen molar-refractivity contribution in [1.82, 2.24) is 0 Å². The molecule has 18 heavy (non-hydrogen) atoms. The lowest BCUT2D eigenvalue weighted by Gasteiger charge is -2.25. The van der Waals surface area contributed by atoms with Crippen molar-refractivity contribution in [3.63, 3.8) is 0 Å². The first-order chi connectivity index (χ1) is 8.50. The number of benzene rings is 1. The number of rotatable bonds is 3. The quantitative estimate of drug-likeness (QED) is 0.668. The van der Waals surface area contributed by atoms with Crippen molar-refractivity contribution >= 4 is 28.9 Å². The highest BCUT2D eigenvalue weighted by Crippen LogP contribution is 2.34. The van der Waals surface area contributed by atoms with Crippen LogP contribution in [0.3, 0.4) is 0 Å². The fourth-order valence-corrected chi connectivity index (χ4v) is 2.48. The van der Waals surface area contributed by atoms with E-state index in [0.29, 0.717) is 18.7 Å². The second kappa shape index (κ2) is 4.81. The first-order valence-corrected chi connectivity index (χ1v) is 5.88. The number of amides is 1. The molecule has 2 N–H and O–H groups in total. The number of nitro groups is 1. The van der Waals surface area contributed by atoms with E-state index in [4.69, 9.17) is 17.3 Å². The van der Waals surface area contributed by atoms with Crippen molar-refractivity contribution in [2.45, 2.75) is 18.9 Å².